The molecule has 0 saturated heterocycles. The quantitative estimate of drug-likeness (QED) is 0.746. The summed E-state index contributed by atoms with van der Waals surface area (Å²) in [5.41, 5.74) is 1.32. The summed E-state index contributed by atoms with van der Waals surface area (Å²) in [7, 11) is 0. The molecule has 1 rings (SSSR count). The summed E-state index contributed by atoms with van der Waals surface area (Å²) in [5.74, 6) is 1.70. The first kappa shape index (κ1) is 15.0. The Balaban J connectivity index is 2.43. The summed E-state index contributed by atoms with van der Waals surface area (Å²) >= 11 is 0. The van der Waals surface area contributed by atoms with Gasteiger partial charge in [0.05, 0.1) is 6.61 Å². The van der Waals surface area contributed by atoms with E-state index in [0.717, 1.165) is 24.8 Å². The van der Waals surface area contributed by atoms with E-state index < -0.39 is 0 Å². The Morgan fingerprint density at radius 1 is 1.11 bits per heavy atom. The number of ether oxygens (including phenoxy) is 1. The molecule has 0 spiro atoms. The topological polar surface area (TPSA) is 21.3 Å². The van der Waals surface area contributed by atoms with Gasteiger partial charge in [0.25, 0.3) is 0 Å². The van der Waals surface area contributed by atoms with Crippen molar-refractivity contribution >= 4 is 0 Å². The van der Waals surface area contributed by atoms with Crippen molar-refractivity contribution in [2.75, 3.05) is 13.2 Å². The van der Waals surface area contributed by atoms with Gasteiger partial charge in [-0.05, 0) is 50.4 Å². The van der Waals surface area contributed by atoms with Crippen LogP contribution in [0.3, 0.4) is 0 Å². The lowest BCUT2D eigenvalue weighted by molar-refractivity contribution is 0.340. The van der Waals surface area contributed by atoms with Crippen molar-refractivity contribution in [3.63, 3.8) is 0 Å². The molecule has 0 fully saturated rings. The Labute approximate surface area is 112 Å². The maximum absolute atomic E-state index is 5.45. The Bertz CT molecular complexity index is 320. The molecule has 2 heteroatoms. The first-order valence-electron chi connectivity index (χ1n) is 7.13. The molecule has 1 aromatic rings. The molecule has 0 heterocycles. The summed E-state index contributed by atoms with van der Waals surface area (Å²) in [6.07, 6.45) is 2.56. The Kier molecular flexibility index (Phi) is 6.81. The maximum atomic E-state index is 5.45. The molecular formula is C16H27NO. The number of nitrogens with one attached hydrogen (secondary N) is 1. The number of hydrogen-bond acceptors (Lipinski definition) is 2. The van der Waals surface area contributed by atoms with E-state index in [9.17, 15) is 0 Å². The molecule has 0 saturated carbocycles. The molecule has 0 aliphatic heterocycles. The second-order valence-electron chi connectivity index (χ2n) is 5.03. The van der Waals surface area contributed by atoms with Crippen molar-refractivity contribution in [2.24, 2.45) is 5.92 Å². The van der Waals surface area contributed by atoms with Crippen LogP contribution in [0.25, 0.3) is 0 Å². The molecule has 0 aliphatic carbocycles. The Hall–Kier alpha value is -1.02. The molecule has 2 atom stereocenters. The molecular weight excluding hydrogens is 222 g/mol. The van der Waals surface area contributed by atoms with Gasteiger partial charge in [-0.1, -0.05) is 32.4 Å². The molecule has 2 unspecified atom stereocenters. The number of benzene rings is 1. The van der Waals surface area contributed by atoms with Gasteiger partial charge in [0, 0.05) is 6.04 Å². The molecule has 0 radical (unpaired) electrons. The van der Waals surface area contributed by atoms with E-state index in [4.69, 9.17) is 4.74 Å². The van der Waals surface area contributed by atoms with Crippen molar-refractivity contribution in [3.8, 4) is 5.75 Å². The van der Waals surface area contributed by atoms with E-state index in [2.05, 4.69) is 38.2 Å². The minimum Gasteiger partial charge on any atom is -0.494 e. The summed E-state index contributed by atoms with van der Waals surface area (Å²) < 4.78 is 5.45. The van der Waals surface area contributed by atoms with E-state index in [0.29, 0.717) is 6.04 Å². The molecule has 0 bridgehead atoms. The molecule has 0 aliphatic rings. The second-order valence-corrected chi connectivity index (χ2v) is 5.03. The van der Waals surface area contributed by atoms with Gasteiger partial charge in [-0.25, -0.2) is 0 Å². The summed E-state index contributed by atoms with van der Waals surface area (Å²) in [4.78, 5) is 0. The van der Waals surface area contributed by atoms with Gasteiger partial charge in [0.2, 0.25) is 0 Å². The lowest BCUT2D eigenvalue weighted by Crippen LogP contribution is -2.24. The van der Waals surface area contributed by atoms with E-state index in [1.165, 1.54) is 18.4 Å². The first-order valence-corrected chi connectivity index (χ1v) is 7.13. The van der Waals surface area contributed by atoms with Crippen LogP contribution in [0.2, 0.25) is 0 Å². The molecule has 0 amide bonds. The monoisotopic (exact) mass is 249 g/mol. The van der Waals surface area contributed by atoms with Crippen LogP contribution in [0.5, 0.6) is 5.75 Å². The summed E-state index contributed by atoms with van der Waals surface area (Å²) in [6, 6.07) is 8.79. The van der Waals surface area contributed by atoms with E-state index >= 15 is 0 Å². The van der Waals surface area contributed by atoms with Gasteiger partial charge in [0.15, 0.2) is 0 Å². The lowest BCUT2D eigenvalue weighted by atomic mass is 10.0. The average molecular weight is 249 g/mol. The average Bonchev–Trinajstić information content (AvgIpc) is 2.37. The van der Waals surface area contributed by atoms with Crippen molar-refractivity contribution in [2.45, 2.75) is 46.6 Å². The highest BCUT2D eigenvalue weighted by molar-refractivity contribution is 5.28. The number of rotatable bonds is 8. The lowest BCUT2D eigenvalue weighted by Gasteiger charge is -2.18. The maximum Gasteiger partial charge on any atom is 0.119 e. The van der Waals surface area contributed by atoms with Crippen molar-refractivity contribution in [3.05, 3.63) is 29.8 Å². The minimum absolute atomic E-state index is 0.403. The highest BCUT2D eigenvalue weighted by Crippen LogP contribution is 2.18. The van der Waals surface area contributed by atoms with Crippen LogP contribution in [0.15, 0.2) is 24.3 Å². The fourth-order valence-corrected chi connectivity index (χ4v) is 2.11. The molecule has 18 heavy (non-hydrogen) atoms. The van der Waals surface area contributed by atoms with Gasteiger partial charge < -0.3 is 10.1 Å². The van der Waals surface area contributed by atoms with Crippen LogP contribution in [0, 0.1) is 5.92 Å². The van der Waals surface area contributed by atoms with Crippen LogP contribution in [0.4, 0.5) is 0 Å². The zero-order chi connectivity index (χ0) is 13.4. The predicted molar refractivity (Wildman–Crippen MR) is 78.1 cm³/mol. The third-order valence-electron chi connectivity index (χ3n) is 3.25. The fourth-order valence-electron chi connectivity index (χ4n) is 2.11. The van der Waals surface area contributed by atoms with Crippen molar-refractivity contribution < 1.29 is 4.74 Å². The second kappa shape index (κ2) is 8.15. The zero-order valence-corrected chi connectivity index (χ0v) is 12.2. The normalized spacial score (nSPS) is 14.2. The van der Waals surface area contributed by atoms with Gasteiger partial charge in [-0.15, -0.1) is 0 Å². The van der Waals surface area contributed by atoms with Crippen molar-refractivity contribution in [1.29, 1.82) is 0 Å². The third kappa shape index (κ3) is 5.09. The largest absolute Gasteiger partial charge is 0.494 e. The molecule has 1 aromatic carbocycles. The van der Waals surface area contributed by atoms with Crippen LogP contribution < -0.4 is 10.1 Å². The van der Waals surface area contributed by atoms with E-state index in [1.807, 2.05) is 19.1 Å². The van der Waals surface area contributed by atoms with Crippen LogP contribution in [-0.4, -0.2) is 13.2 Å². The van der Waals surface area contributed by atoms with E-state index in [-0.39, 0.29) is 0 Å². The SMILES string of the molecule is CCCC(C)CNC(C)c1ccc(OCC)cc1. The summed E-state index contributed by atoms with van der Waals surface area (Å²) in [6.45, 7) is 10.6. The highest BCUT2D eigenvalue weighted by atomic mass is 16.5. The molecule has 0 aromatic heterocycles. The third-order valence-corrected chi connectivity index (χ3v) is 3.25. The standard InChI is InChI=1S/C16H27NO/c1-5-7-13(3)12-17-14(4)15-8-10-16(11-9-15)18-6-2/h8-11,13-14,17H,5-7,12H2,1-4H3. The smallest absolute Gasteiger partial charge is 0.119 e. The van der Waals surface area contributed by atoms with Crippen LogP contribution in [-0.2, 0) is 0 Å². The highest BCUT2D eigenvalue weighted by Gasteiger charge is 2.07. The number of hydrogen-bond donors (Lipinski definition) is 1. The first-order chi connectivity index (χ1) is 8.67. The Morgan fingerprint density at radius 3 is 2.33 bits per heavy atom. The van der Waals surface area contributed by atoms with Crippen LogP contribution >= 0.6 is 0 Å². The van der Waals surface area contributed by atoms with Gasteiger partial charge in [0.1, 0.15) is 5.75 Å². The Morgan fingerprint density at radius 2 is 1.78 bits per heavy atom. The van der Waals surface area contributed by atoms with Crippen LogP contribution in [0.1, 0.15) is 52.1 Å². The predicted octanol–water partition coefficient (Wildman–Crippen LogP) is 4.17. The fraction of sp³-hybridized carbons (Fsp3) is 0.625. The van der Waals surface area contributed by atoms with E-state index in [1.54, 1.807) is 0 Å². The van der Waals surface area contributed by atoms with Crippen molar-refractivity contribution in [1.82, 2.24) is 5.32 Å². The van der Waals surface area contributed by atoms with Gasteiger partial charge in [-0.3, -0.25) is 0 Å². The molecule has 102 valence electrons. The zero-order valence-electron chi connectivity index (χ0n) is 12.2. The van der Waals surface area contributed by atoms with Gasteiger partial charge >= 0.3 is 0 Å². The summed E-state index contributed by atoms with van der Waals surface area (Å²) in [5, 5.41) is 3.59. The minimum atomic E-state index is 0.403. The van der Waals surface area contributed by atoms with Gasteiger partial charge in [-0.2, -0.15) is 0 Å². The molecule has 1 N–H and O–H groups in total. The molecule has 2 nitrogen and oxygen atoms in total.